The van der Waals surface area contributed by atoms with Crippen LogP contribution in [-0.2, 0) is 4.74 Å². The van der Waals surface area contributed by atoms with E-state index in [9.17, 15) is 4.79 Å². The van der Waals surface area contributed by atoms with Crippen molar-refractivity contribution in [3.05, 3.63) is 44.0 Å². The summed E-state index contributed by atoms with van der Waals surface area (Å²) in [5.41, 5.74) is 1.11. The van der Waals surface area contributed by atoms with Gasteiger partial charge in [0.15, 0.2) is 0 Å². The number of aromatic nitrogens is 1. The number of hydrogen-bond acceptors (Lipinski definition) is 4. The molecule has 0 bridgehead atoms. The summed E-state index contributed by atoms with van der Waals surface area (Å²) in [7, 11) is 0. The fourth-order valence-corrected chi connectivity index (χ4v) is 5.03. The number of carbonyl (C=O) groups excluding carboxylic acids is 1. The van der Waals surface area contributed by atoms with Gasteiger partial charge in [-0.25, -0.2) is 9.36 Å². The first kappa shape index (κ1) is 17.9. The minimum absolute atomic E-state index is 0.369. The quantitative estimate of drug-likeness (QED) is 0.380. The van der Waals surface area contributed by atoms with Gasteiger partial charge in [0.05, 0.1) is 28.7 Å². The Kier molecular flexibility index (Phi) is 5.06. The first-order chi connectivity index (χ1) is 11.2. The Morgan fingerprint density at radius 3 is 1.71 bits per heavy atom. The van der Waals surface area contributed by atoms with Crippen molar-refractivity contribution in [3.8, 4) is 21.1 Å². The Labute approximate surface area is 165 Å². The largest absolute Gasteiger partial charge is 0.443 e. The van der Waals surface area contributed by atoms with Crippen LogP contribution >= 0.6 is 54.5 Å². The molecular formula is C17H15Br2NO2S2. The van der Waals surface area contributed by atoms with Gasteiger partial charge < -0.3 is 4.74 Å². The van der Waals surface area contributed by atoms with Gasteiger partial charge in [0.2, 0.25) is 0 Å². The molecule has 0 saturated carbocycles. The fraction of sp³-hybridized carbons (Fsp3) is 0.235. The van der Waals surface area contributed by atoms with Crippen LogP contribution in [0, 0.1) is 0 Å². The molecule has 0 amide bonds. The second-order valence-corrected chi connectivity index (χ2v) is 11.1. The molecule has 0 aromatic carbocycles. The maximum atomic E-state index is 12.8. The molecule has 3 heterocycles. The molecule has 0 atom stereocenters. The van der Waals surface area contributed by atoms with E-state index >= 15 is 0 Å². The molecule has 3 rings (SSSR count). The van der Waals surface area contributed by atoms with Crippen LogP contribution < -0.4 is 0 Å². The average Bonchev–Trinajstić information content (AvgIpc) is 3.14. The molecule has 0 aliphatic rings. The smallest absolute Gasteiger partial charge is 0.419 e. The van der Waals surface area contributed by atoms with Crippen molar-refractivity contribution in [1.29, 1.82) is 0 Å². The SMILES string of the molecule is CC(C)(C)OC(=O)n1c(-c2ccc(Br)s2)ccc1-c1ccc(Br)s1. The van der Waals surface area contributed by atoms with Gasteiger partial charge >= 0.3 is 6.09 Å². The summed E-state index contributed by atoms with van der Waals surface area (Å²) in [6.45, 7) is 5.62. The number of thiophene rings is 2. The fourth-order valence-electron chi connectivity index (χ4n) is 2.23. The Bertz CT molecular complexity index is 829. The molecule has 0 aliphatic heterocycles. The maximum Gasteiger partial charge on any atom is 0.419 e. The number of carbonyl (C=O) groups is 1. The monoisotopic (exact) mass is 487 g/mol. The van der Waals surface area contributed by atoms with Gasteiger partial charge in [0.1, 0.15) is 5.60 Å². The Morgan fingerprint density at radius 2 is 1.38 bits per heavy atom. The van der Waals surface area contributed by atoms with E-state index in [0.29, 0.717) is 0 Å². The standard InChI is InChI=1S/C17H15Br2NO2S2/c1-17(2,3)22-16(21)20-10(12-6-8-14(18)23-12)4-5-11(20)13-7-9-15(19)24-13/h4-9H,1-3H3. The lowest BCUT2D eigenvalue weighted by atomic mass is 10.2. The van der Waals surface area contributed by atoms with Gasteiger partial charge in [0, 0.05) is 0 Å². The van der Waals surface area contributed by atoms with Crippen molar-refractivity contribution < 1.29 is 9.53 Å². The van der Waals surface area contributed by atoms with Crippen molar-refractivity contribution in [2.45, 2.75) is 26.4 Å². The number of halogens is 2. The highest BCUT2D eigenvalue weighted by Crippen LogP contribution is 2.38. The zero-order valence-electron chi connectivity index (χ0n) is 13.3. The normalized spacial score (nSPS) is 11.7. The topological polar surface area (TPSA) is 31.2 Å². The molecule has 0 spiro atoms. The van der Waals surface area contributed by atoms with Gasteiger partial charge in [-0.2, -0.15) is 0 Å². The molecule has 3 aromatic rings. The lowest BCUT2D eigenvalue weighted by molar-refractivity contribution is 0.0543. The van der Waals surface area contributed by atoms with Crippen molar-refractivity contribution in [2.24, 2.45) is 0 Å². The van der Waals surface area contributed by atoms with Crippen LogP contribution in [0.25, 0.3) is 21.1 Å². The van der Waals surface area contributed by atoms with Crippen molar-refractivity contribution in [3.63, 3.8) is 0 Å². The predicted octanol–water partition coefficient (Wildman–Crippen LogP) is 7.25. The minimum atomic E-state index is -0.554. The Morgan fingerprint density at radius 1 is 0.917 bits per heavy atom. The minimum Gasteiger partial charge on any atom is -0.443 e. The van der Waals surface area contributed by atoms with Gasteiger partial charge in [-0.3, -0.25) is 0 Å². The highest BCUT2D eigenvalue weighted by Gasteiger charge is 2.24. The second-order valence-electron chi connectivity index (χ2n) is 6.13. The van der Waals surface area contributed by atoms with Crippen LogP contribution in [0.4, 0.5) is 4.79 Å². The molecule has 7 heteroatoms. The molecule has 0 radical (unpaired) electrons. The molecule has 3 nitrogen and oxygen atoms in total. The summed E-state index contributed by atoms with van der Waals surface area (Å²) >= 11 is 10.1. The van der Waals surface area contributed by atoms with Crippen LogP contribution in [0.1, 0.15) is 20.8 Å². The van der Waals surface area contributed by atoms with E-state index in [1.165, 1.54) is 0 Å². The van der Waals surface area contributed by atoms with E-state index in [1.54, 1.807) is 27.2 Å². The number of nitrogens with zero attached hydrogens (tertiary/aromatic N) is 1. The third kappa shape index (κ3) is 3.85. The van der Waals surface area contributed by atoms with Gasteiger partial charge in [0.25, 0.3) is 0 Å². The molecule has 0 saturated heterocycles. The molecule has 0 aliphatic carbocycles. The van der Waals surface area contributed by atoms with E-state index in [-0.39, 0.29) is 6.09 Å². The van der Waals surface area contributed by atoms with Gasteiger partial charge in [-0.15, -0.1) is 22.7 Å². The lowest BCUT2D eigenvalue weighted by Crippen LogP contribution is -2.27. The summed E-state index contributed by atoms with van der Waals surface area (Å²) in [5.74, 6) is 0. The number of ether oxygens (including phenoxy) is 1. The van der Waals surface area contributed by atoms with Crippen LogP contribution in [0.15, 0.2) is 44.0 Å². The second kappa shape index (κ2) is 6.78. The molecule has 24 heavy (non-hydrogen) atoms. The van der Waals surface area contributed by atoms with Crippen LogP contribution in [0.2, 0.25) is 0 Å². The Balaban J connectivity index is 2.13. The maximum absolute atomic E-state index is 12.8. The van der Waals surface area contributed by atoms with E-state index in [1.807, 2.05) is 57.2 Å². The van der Waals surface area contributed by atoms with E-state index in [4.69, 9.17) is 4.74 Å². The molecule has 0 fully saturated rings. The number of rotatable bonds is 2. The van der Waals surface area contributed by atoms with E-state index in [2.05, 4.69) is 31.9 Å². The third-order valence-electron chi connectivity index (χ3n) is 3.11. The lowest BCUT2D eigenvalue weighted by Gasteiger charge is -2.21. The van der Waals surface area contributed by atoms with E-state index in [0.717, 1.165) is 28.7 Å². The summed E-state index contributed by atoms with van der Waals surface area (Å²) in [4.78, 5) is 14.9. The Hall–Kier alpha value is -0.890. The van der Waals surface area contributed by atoms with Crippen molar-refractivity contribution in [1.82, 2.24) is 4.57 Å². The zero-order chi connectivity index (χ0) is 17.5. The van der Waals surface area contributed by atoms with Crippen molar-refractivity contribution in [2.75, 3.05) is 0 Å². The summed E-state index contributed by atoms with van der Waals surface area (Å²) in [6.07, 6.45) is -0.369. The zero-order valence-corrected chi connectivity index (χ0v) is 18.1. The predicted molar refractivity (Wildman–Crippen MR) is 108 cm³/mol. The third-order valence-corrected chi connectivity index (χ3v) is 6.40. The van der Waals surface area contributed by atoms with Crippen LogP contribution in [0.3, 0.4) is 0 Å². The van der Waals surface area contributed by atoms with Crippen LogP contribution in [-0.4, -0.2) is 16.3 Å². The van der Waals surface area contributed by atoms with Gasteiger partial charge in [-0.05, 0) is 89.0 Å². The first-order valence-electron chi connectivity index (χ1n) is 7.21. The highest BCUT2D eigenvalue weighted by molar-refractivity contribution is 9.11. The van der Waals surface area contributed by atoms with E-state index < -0.39 is 5.60 Å². The molecule has 0 N–H and O–H groups in total. The van der Waals surface area contributed by atoms with Gasteiger partial charge in [-0.1, -0.05) is 0 Å². The first-order valence-corrected chi connectivity index (χ1v) is 10.4. The average molecular weight is 489 g/mol. The summed E-state index contributed by atoms with van der Waals surface area (Å²) < 4.78 is 9.33. The highest BCUT2D eigenvalue weighted by atomic mass is 79.9. The summed E-state index contributed by atoms with van der Waals surface area (Å²) in [5, 5.41) is 0. The molecule has 126 valence electrons. The molecule has 0 unspecified atom stereocenters. The molecular weight excluding hydrogens is 474 g/mol. The van der Waals surface area contributed by atoms with Crippen molar-refractivity contribution >= 4 is 60.6 Å². The van der Waals surface area contributed by atoms with Crippen LogP contribution in [0.5, 0.6) is 0 Å². The summed E-state index contributed by atoms with van der Waals surface area (Å²) in [6, 6.07) is 11.9. The number of hydrogen-bond donors (Lipinski definition) is 0. The molecule has 3 aromatic heterocycles.